The molecule has 0 amide bonds. The number of nitrogens with zero attached hydrogens (tertiary/aromatic N) is 3. The van der Waals surface area contributed by atoms with E-state index in [1.165, 1.54) is 43.8 Å². The fraction of sp³-hybridized carbons (Fsp3) is 0.209. The van der Waals surface area contributed by atoms with Crippen LogP contribution in [0.25, 0.3) is 33.1 Å². The number of rotatable bonds is 10. The van der Waals surface area contributed by atoms with Gasteiger partial charge in [0, 0.05) is 51.8 Å². The van der Waals surface area contributed by atoms with E-state index in [2.05, 4.69) is 266 Å². The average molecular weight is 986 g/mol. The van der Waals surface area contributed by atoms with Crippen LogP contribution in [-0.2, 0) is 16.2 Å². The molecule has 0 N–H and O–H groups in total. The van der Waals surface area contributed by atoms with Crippen LogP contribution < -0.4 is 20.2 Å². The molecule has 0 spiro atoms. The van der Waals surface area contributed by atoms with Gasteiger partial charge in [-0.3, -0.25) is 4.98 Å². The van der Waals surface area contributed by atoms with E-state index in [1.54, 1.807) is 0 Å². The van der Waals surface area contributed by atoms with Crippen LogP contribution >= 0.6 is 0 Å². The molecule has 10 aromatic rings. The van der Waals surface area contributed by atoms with Crippen molar-refractivity contribution in [3.63, 3.8) is 0 Å². The van der Waals surface area contributed by atoms with Crippen molar-refractivity contribution in [1.29, 1.82) is 0 Å². The van der Waals surface area contributed by atoms with Crippen LogP contribution in [-0.4, -0.2) is 21.9 Å². The Bertz CT molecular complexity index is 3520. The zero-order valence-electron chi connectivity index (χ0n) is 44.4. The number of pyridine rings is 1. The number of hydrogen-bond acceptors (Lipinski definition) is 4. The first-order chi connectivity index (χ1) is 34.9. The van der Waals surface area contributed by atoms with E-state index >= 15 is 0 Å². The van der Waals surface area contributed by atoms with Crippen molar-refractivity contribution in [2.75, 3.05) is 9.80 Å². The van der Waals surface area contributed by atoms with E-state index in [4.69, 9.17) is 9.40 Å². The van der Waals surface area contributed by atoms with Crippen molar-refractivity contribution in [3.8, 4) is 11.1 Å². The van der Waals surface area contributed by atoms with E-state index in [9.17, 15) is 0 Å². The summed E-state index contributed by atoms with van der Waals surface area (Å²) in [4.78, 5) is 9.68. The zero-order chi connectivity index (χ0) is 51.0. The minimum atomic E-state index is -1.61. The Morgan fingerprint density at radius 3 is 1.52 bits per heavy atom. The van der Waals surface area contributed by atoms with Gasteiger partial charge in [-0.15, -0.1) is 0 Å². The summed E-state index contributed by atoms with van der Waals surface area (Å²) in [6.45, 7) is 25.8. The molecule has 0 saturated carbocycles. The largest absolute Gasteiger partial charge is 0.455 e. The van der Waals surface area contributed by atoms with Crippen LogP contribution in [0.5, 0.6) is 0 Å². The summed E-state index contributed by atoms with van der Waals surface area (Å²) in [5.41, 5.74) is 17.1. The van der Waals surface area contributed by atoms with Crippen LogP contribution in [0.1, 0.15) is 74.9 Å². The molecule has 73 heavy (non-hydrogen) atoms. The third-order valence-electron chi connectivity index (χ3n) is 15.3. The van der Waals surface area contributed by atoms with Crippen molar-refractivity contribution in [1.82, 2.24) is 4.98 Å². The molecule has 0 fully saturated rings. The Morgan fingerprint density at radius 1 is 0.521 bits per heavy atom. The van der Waals surface area contributed by atoms with Gasteiger partial charge in [0.1, 0.15) is 11.2 Å². The molecule has 0 radical (unpaired) electrons. The maximum atomic E-state index is 7.32. The molecule has 0 bridgehead atoms. The molecular formula is C67H67N3OSi2. The van der Waals surface area contributed by atoms with Crippen LogP contribution in [0, 0.1) is 0 Å². The number of hydrogen-bond donors (Lipinski definition) is 0. The molecule has 2 heterocycles. The molecule has 0 saturated heterocycles. The second-order valence-electron chi connectivity index (χ2n) is 23.5. The quantitative estimate of drug-likeness (QED) is 0.128. The molecule has 8 aromatic carbocycles. The van der Waals surface area contributed by atoms with Gasteiger partial charge < -0.3 is 14.2 Å². The van der Waals surface area contributed by atoms with Gasteiger partial charge in [0.15, 0.2) is 0 Å². The van der Waals surface area contributed by atoms with Crippen LogP contribution in [0.2, 0.25) is 32.7 Å². The molecule has 0 unspecified atom stereocenters. The fourth-order valence-corrected chi connectivity index (χ4v) is 13.4. The van der Waals surface area contributed by atoms with E-state index in [-0.39, 0.29) is 10.8 Å². The molecule has 2 aromatic heterocycles. The number of furan rings is 1. The lowest BCUT2D eigenvalue weighted by Crippen LogP contribution is -2.37. The summed E-state index contributed by atoms with van der Waals surface area (Å²) < 4.78 is 7.32. The minimum absolute atomic E-state index is 0.00421. The second-order valence-corrected chi connectivity index (χ2v) is 31.6. The predicted molar refractivity (Wildman–Crippen MR) is 317 cm³/mol. The summed E-state index contributed by atoms with van der Waals surface area (Å²) >= 11 is 0. The topological polar surface area (TPSA) is 32.5 Å². The molecule has 6 heteroatoms. The van der Waals surface area contributed by atoms with Gasteiger partial charge in [0.25, 0.3) is 0 Å². The summed E-state index contributed by atoms with van der Waals surface area (Å²) in [5.74, 6) is 0. The maximum absolute atomic E-state index is 7.32. The normalized spacial score (nSPS) is 13.4. The van der Waals surface area contributed by atoms with Gasteiger partial charge >= 0.3 is 0 Å². The van der Waals surface area contributed by atoms with E-state index in [1.807, 2.05) is 18.5 Å². The first-order valence-corrected chi connectivity index (χ1v) is 32.4. The van der Waals surface area contributed by atoms with Crippen LogP contribution in [0.4, 0.5) is 34.1 Å². The molecule has 1 aliphatic carbocycles. The van der Waals surface area contributed by atoms with Crippen molar-refractivity contribution in [3.05, 3.63) is 234 Å². The lowest BCUT2D eigenvalue weighted by molar-refractivity contribution is 0.590. The van der Waals surface area contributed by atoms with E-state index in [0.29, 0.717) is 0 Å². The fourth-order valence-electron chi connectivity index (χ4n) is 11.2. The standard InChI is InChI=1S/C67H67N3OSi2/c1-65(2,3)45-22-26-49(27-23-45)69(50-30-35-54(36-31-50)72(7)8)53-34-39-56-58(42-53)67(47-18-14-12-15-19-47,48-20-16-13-17-21-48)59-43-60(63-57-44-68-41-40-61(57)71-64(63)62(56)59)70(51-28-24-46(25-29-51)66(4,5)6)52-32-37-55(38-33-52)73(9,10)11/h12-44,72H,1-11H3. The van der Waals surface area contributed by atoms with Crippen molar-refractivity contribution in [2.24, 2.45) is 0 Å². The summed E-state index contributed by atoms with van der Waals surface area (Å²) in [6.07, 6.45) is 3.84. The SMILES string of the molecule is C[SiH](C)c1ccc(N(c2ccc(C(C)(C)C)cc2)c2ccc3c(c2)C(c2ccccc2)(c2ccccc2)c2cc(N(c4ccc(C(C)(C)C)cc4)c4ccc([Si](C)(C)C)cc4)c4c(oc5ccncc54)c2-3)cc1. The highest BCUT2D eigenvalue weighted by molar-refractivity contribution is 6.88. The number of anilines is 6. The molecule has 0 atom stereocenters. The highest BCUT2D eigenvalue weighted by atomic mass is 28.3. The van der Waals surface area contributed by atoms with E-state index < -0.39 is 22.3 Å². The number of benzene rings is 8. The second kappa shape index (κ2) is 18.0. The molecule has 11 rings (SSSR count). The Hall–Kier alpha value is -7.26. The third kappa shape index (κ3) is 8.35. The highest BCUT2D eigenvalue weighted by Crippen LogP contribution is 2.61. The lowest BCUT2D eigenvalue weighted by Gasteiger charge is -2.36. The monoisotopic (exact) mass is 985 g/mol. The van der Waals surface area contributed by atoms with Gasteiger partial charge in [-0.2, -0.15) is 0 Å². The van der Waals surface area contributed by atoms with Gasteiger partial charge in [-0.05, 0) is 123 Å². The van der Waals surface area contributed by atoms with Gasteiger partial charge in [-0.1, -0.05) is 200 Å². The van der Waals surface area contributed by atoms with Crippen LogP contribution in [0.3, 0.4) is 0 Å². The summed E-state index contributed by atoms with van der Waals surface area (Å²) in [6, 6.07) is 71.1. The first-order valence-electron chi connectivity index (χ1n) is 26.0. The van der Waals surface area contributed by atoms with E-state index in [0.717, 1.165) is 67.2 Å². The highest BCUT2D eigenvalue weighted by Gasteiger charge is 2.49. The summed E-state index contributed by atoms with van der Waals surface area (Å²) in [5, 5.41) is 4.90. The Morgan fingerprint density at radius 2 is 1.01 bits per heavy atom. The zero-order valence-corrected chi connectivity index (χ0v) is 46.5. The Labute approximate surface area is 435 Å². The number of fused-ring (bicyclic) bond motifs is 7. The molecule has 1 aliphatic rings. The first kappa shape index (κ1) is 48.0. The van der Waals surface area contributed by atoms with Gasteiger partial charge in [0.05, 0.1) is 33.4 Å². The minimum Gasteiger partial charge on any atom is -0.455 e. The van der Waals surface area contributed by atoms with Crippen LogP contribution in [0.15, 0.2) is 205 Å². The summed E-state index contributed by atoms with van der Waals surface area (Å²) in [7, 11) is -2.63. The molecule has 364 valence electrons. The van der Waals surface area contributed by atoms with Gasteiger partial charge in [-0.25, -0.2) is 0 Å². The Kier molecular flexibility index (Phi) is 11.9. The Balaban J connectivity index is 1.25. The number of aromatic nitrogens is 1. The molecular weight excluding hydrogens is 919 g/mol. The lowest BCUT2D eigenvalue weighted by atomic mass is 9.67. The van der Waals surface area contributed by atoms with Crippen molar-refractivity contribution >= 4 is 83.3 Å². The third-order valence-corrected chi connectivity index (χ3v) is 19.1. The van der Waals surface area contributed by atoms with Crippen molar-refractivity contribution < 1.29 is 4.42 Å². The predicted octanol–water partition coefficient (Wildman–Crippen LogP) is 17.1. The molecule has 0 aliphatic heterocycles. The maximum Gasteiger partial charge on any atom is 0.145 e. The molecule has 4 nitrogen and oxygen atoms in total. The smallest absolute Gasteiger partial charge is 0.145 e. The average Bonchev–Trinajstić information content (AvgIpc) is 3.91. The van der Waals surface area contributed by atoms with Crippen molar-refractivity contribution in [2.45, 2.75) is 90.5 Å². The van der Waals surface area contributed by atoms with Gasteiger partial charge in [0.2, 0.25) is 0 Å².